The van der Waals surface area contributed by atoms with Gasteiger partial charge in [0.05, 0.1) is 11.6 Å². The van der Waals surface area contributed by atoms with Gasteiger partial charge in [0.1, 0.15) is 12.4 Å². The van der Waals surface area contributed by atoms with Gasteiger partial charge >= 0.3 is 11.9 Å². The van der Waals surface area contributed by atoms with E-state index in [1.807, 2.05) is 36.4 Å². The summed E-state index contributed by atoms with van der Waals surface area (Å²) < 4.78 is 4.99. The van der Waals surface area contributed by atoms with Crippen molar-refractivity contribution in [2.24, 2.45) is 0 Å². The summed E-state index contributed by atoms with van der Waals surface area (Å²) >= 11 is 0. The third-order valence-electron chi connectivity index (χ3n) is 4.21. The van der Waals surface area contributed by atoms with Crippen molar-refractivity contribution in [3.05, 3.63) is 108 Å². The maximum Gasteiger partial charge on any atom is 0.337 e. The summed E-state index contributed by atoms with van der Waals surface area (Å²) in [4.78, 5) is 35.2. The van der Waals surface area contributed by atoms with Gasteiger partial charge in [-0.15, -0.1) is 0 Å². The molecule has 0 fully saturated rings. The number of carboxylic acid groups (broad SMARTS) is 1. The summed E-state index contributed by atoms with van der Waals surface area (Å²) in [6.07, 6.45) is 3.76. The van der Waals surface area contributed by atoms with Crippen molar-refractivity contribution in [2.75, 3.05) is 4.90 Å². The highest BCUT2D eigenvalue weighted by atomic mass is 16.5. The van der Waals surface area contributed by atoms with Crippen molar-refractivity contribution >= 4 is 23.5 Å². The van der Waals surface area contributed by atoms with Crippen molar-refractivity contribution in [2.45, 2.75) is 20.5 Å². The summed E-state index contributed by atoms with van der Waals surface area (Å²) in [5.41, 5.74) is 1.84. The minimum absolute atomic E-state index is 0.0193. The topological polar surface area (TPSA) is 128 Å². The number of allylic oxidation sites excluding steroid dienone is 1. The highest BCUT2D eigenvalue weighted by Crippen LogP contribution is 2.20. The van der Waals surface area contributed by atoms with E-state index in [4.69, 9.17) is 15.1 Å². The Kier molecular flexibility index (Phi) is 11.5. The second-order valence-corrected chi connectivity index (χ2v) is 7.14. The number of carbonyl (C=O) groups excluding carboxylic acids is 2. The lowest BCUT2D eigenvalue weighted by Crippen LogP contribution is -2.25. The van der Waals surface area contributed by atoms with Gasteiger partial charge in [-0.05, 0) is 49.8 Å². The molecule has 0 aliphatic carbocycles. The van der Waals surface area contributed by atoms with Gasteiger partial charge in [-0.1, -0.05) is 43.5 Å². The molecule has 0 aromatic heterocycles. The molecular weight excluding hydrogens is 448 g/mol. The maximum absolute atomic E-state index is 11.8. The molecule has 2 aromatic carbocycles. The van der Waals surface area contributed by atoms with Crippen LogP contribution in [0.1, 0.15) is 19.4 Å². The number of rotatable bonds is 8. The molecule has 0 unspecified atom stereocenters. The molecule has 1 amide bonds. The minimum atomic E-state index is -1.09. The molecule has 8 heteroatoms. The minimum Gasteiger partial charge on any atom is -0.508 e. The molecule has 0 saturated heterocycles. The number of esters is 1. The van der Waals surface area contributed by atoms with Crippen LogP contribution in [0.4, 0.5) is 5.69 Å². The zero-order chi connectivity index (χ0) is 26.4. The largest absolute Gasteiger partial charge is 0.508 e. The Morgan fingerprint density at radius 3 is 2.17 bits per heavy atom. The quantitative estimate of drug-likeness (QED) is 0.246. The number of anilines is 1. The van der Waals surface area contributed by atoms with E-state index in [-0.39, 0.29) is 29.4 Å². The lowest BCUT2D eigenvalue weighted by molar-refractivity contribution is -0.139. The van der Waals surface area contributed by atoms with Gasteiger partial charge in [-0.2, -0.15) is 5.26 Å². The van der Waals surface area contributed by atoms with Gasteiger partial charge in [-0.3, -0.25) is 9.69 Å². The highest BCUT2D eigenvalue weighted by Gasteiger charge is 2.13. The number of nitrogens with zero attached hydrogens (tertiary/aromatic N) is 2. The van der Waals surface area contributed by atoms with Crippen molar-refractivity contribution < 1.29 is 29.3 Å². The van der Waals surface area contributed by atoms with Gasteiger partial charge in [0, 0.05) is 29.1 Å². The predicted molar refractivity (Wildman–Crippen MR) is 132 cm³/mol. The standard InChI is InChI=1S/C14H14O4.C13H12N2O2/c1-10(13(15)16)8-11(2)14(17)18-9-12-6-4-3-5-7-12;1-10(2)13(17)15(9-3-8-14)11-4-6-12(16)7-5-11/h3-8H,2,9H2,1H3,(H,15,16);3-7,9,16H,1H2,2H3. The van der Waals surface area contributed by atoms with Crippen LogP contribution in [0.5, 0.6) is 5.75 Å². The molecule has 0 radical (unpaired) electrons. The van der Waals surface area contributed by atoms with Crippen LogP contribution < -0.4 is 4.90 Å². The van der Waals surface area contributed by atoms with Gasteiger partial charge in [0.15, 0.2) is 0 Å². The number of hydrogen-bond donors (Lipinski definition) is 2. The number of phenolic OH excluding ortho intramolecular Hbond substituents is 1. The van der Waals surface area contributed by atoms with E-state index in [0.29, 0.717) is 11.3 Å². The Bertz CT molecular complexity index is 1170. The molecule has 2 aromatic rings. The van der Waals surface area contributed by atoms with Crippen molar-refractivity contribution in [3.8, 4) is 11.8 Å². The smallest absolute Gasteiger partial charge is 0.337 e. The third kappa shape index (κ3) is 10.1. The van der Waals surface area contributed by atoms with Crippen LogP contribution in [0.25, 0.3) is 0 Å². The zero-order valence-electron chi connectivity index (χ0n) is 19.5. The SMILES string of the molecule is C=C(C)C(=O)N(C=CC#N)c1ccc(O)cc1.C=C(C=C(C)C(=O)O)C(=O)OCc1ccccc1. The first-order valence-corrected chi connectivity index (χ1v) is 10.2. The van der Waals surface area contributed by atoms with Crippen molar-refractivity contribution in [1.29, 1.82) is 5.26 Å². The van der Waals surface area contributed by atoms with E-state index in [0.717, 1.165) is 5.56 Å². The molecule has 180 valence electrons. The van der Waals surface area contributed by atoms with Crippen LogP contribution in [0.15, 0.2) is 103 Å². The molecule has 0 saturated carbocycles. The average molecular weight is 475 g/mol. The summed E-state index contributed by atoms with van der Waals surface area (Å²) in [5.74, 6) is -1.91. The van der Waals surface area contributed by atoms with Crippen molar-refractivity contribution in [1.82, 2.24) is 0 Å². The van der Waals surface area contributed by atoms with E-state index in [1.54, 1.807) is 19.1 Å². The number of amides is 1. The molecular formula is C27H26N2O6. The van der Waals surface area contributed by atoms with E-state index in [2.05, 4.69) is 13.2 Å². The molecule has 0 aliphatic rings. The first kappa shape index (κ1) is 28.1. The highest BCUT2D eigenvalue weighted by molar-refractivity contribution is 6.06. The van der Waals surface area contributed by atoms with Crippen LogP contribution in [-0.4, -0.2) is 28.1 Å². The number of aliphatic carboxylic acids is 1. The molecule has 0 bridgehead atoms. The Morgan fingerprint density at radius 1 is 1.06 bits per heavy atom. The third-order valence-corrected chi connectivity index (χ3v) is 4.21. The summed E-state index contributed by atoms with van der Waals surface area (Å²) in [7, 11) is 0. The Hall–Kier alpha value is -4.90. The summed E-state index contributed by atoms with van der Waals surface area (Å²) in [6, 6.07) is 17.1. The van der Waals surface area contributed by atoms with Gasteiger partial charge in [0.2, 0.25) is 0 Å². The molecule has 0 aliphatic heterocycles. The maximum atomic E-state index is 11.8. The van der Waals surface area contributed by atoms with Gasteiger partial charge in [0.25, 0.3) is 5.91 Å². The number of aromatic hydroxyl groups is 1. The normalized spacial score (nSPS) is 10.4. The molecule has 0 atom stereocenters. The van der Waals surface area contributed by atoms with E-state index in [9.17, 15) is 19.5 Å². The fraction of sp³-hybridized carbons (Fsp3) is 0.111. The number of nitriles is 1. The molecule has 8 nitrogen and oxygen atoms in total. The number of ether oxygens (including phenoxy) is 1. The summed E-state index contributed by atoms with van der Waals surface area (Å²) in [5, 5.41) is 26.3. The first-order chi connectivity index (χ1) is 16.6. The van der Waals surface area contributed by atoms with Crippen LogP contribution >= 0.6 is 0 Å². The Morgan fingerprint density at radius 2 is 1.66 bits per heavy atom. The van der Waals surface area contributed by atoms with Crippen molar-refractivity contribution in [3.63, 3.8) is 0 Å². The lowest BCUT2D eigenvalue weighted by atomic mass is 10.2. The van der Waals surface area contributed by atoms with E-state index < -0.39 is 11.9 Å². The fourth-order valence-corrected chi connectivity index (χ4v) is 2.40. The second kappa shape index (κ2) is 14.3. The van der Waals surface area contributed by atoms with E-state index in [1.165, 1.54) is 42.3 Å². The number of hydrogen-bond acceptors (Lipinski definition) is 6. The number of carbonyl (C=O) groups is 3. The van der Waals surface area contributed by atoms with Crippen LogP contribution in [-0.2, 0) is 25.7 Å². The van der Waals surface area contributed by atoms with Crippen LogP contribution in [0.3, 0.4) is 0 Å². The molecule has 2 N–H and O–H groups in total. The number of benzene rings is 2. The Labute approximate surface area is 204 Å². The lowest BCUT2D eigenvalue weighted by Gasteiger charge is -2.18. The number of carboxylic acids is 1. The molecule has 2 rings (SSSR count). The second-order valence-electron chi connectivity index (χ2n) is 7.14. The predicted octanol–water partition coefficient (Wildman–Crippen LogP) is 4.66. The Balaban J connectivity index is 0.000000351. The summed E-state index contributed by atoms with van der Waals surface area (Å²) in [6.45, 7) is 10.2. The zero-order valence-corrected chi connectivity index (χ0v) is 19.5. The molecule has 35 heavy (non-hydrogen) atoms. The van der Waals surface area contributed by atoms with Gasteiger partial charge in [-0.25, -0.2) is 9.59 Å². The monoisotopic (exact) mass is 474 g/mol. The number of phenols is 1. The van der Waals surface area contributed by atoms with E-state index >= 15 is 0 Å². The molecule has 0 heterocycles. The average Bonchev–Trinajstić information content (AvgIpc) is 2.84. The molecule has 0 spiro atoms. The first-order valence-electron chi connectivity index (χ1n) is 10.2. The fourth-order valence-electron chi connectivity index (χ4n) is 2.40. The van der Waals surface area contributed by atoms with Crippen LogP contribution in [0.2, 0.25) is 0 Å². The van der Waals surface area contributed by atoms with Gasteiger partial charge < -0.3 is 14.9 Å². The van der Waals surface area contributed by atoms with Crippen LogP contribution in [0, 0.1) is 11.3 Å².